The average Bonchev–Trinajstić information content (AvgIpc) is 2.32. The number of nitrogens with zero attached hydrogens (tertiary/aromatic N) is 4. The number of aliphatic hydroxyl groups is 1. The fourth-order valence-electron chi connectivity index (χ4n) is 1.98. The Morgan fingerprint density at radius 1 is 1.61 bits per heavy atom. The molecule has 7 nitrogen and oxygen atoms in total. The number of hydrogen-bond acceptors (Lipinski definition) is 6. The first-order valence-electron chi connectivity index (χ1n) is 5.58. The first kappa shape index (κ1) is 13.0. The van der Waals surface area contributed by atoms with Crippen LogP contribution in [-0.4, -0.2) is 39.2 Å². The highest BCUT2D eigenvalue weighted by Crippen LogP contribution is 2.33. The summed E-state index contributed by atoms with van der Waals surface area (Å²) in [7, 11) is 0. The molecule has 2 heterocycles. The summed E-state index contributed by atoms with van der Waals surface area (Å²) < 4.78 is 0. The second-order valence-electron chi connectivity index (χ2n) is 4.37. The molecule has 1 aliphatic heterocycles. The Hall–Kier alpha value is -1.47. The van der Waals surface area contributed by atoms with Crippen molar-refractivity contribution in [3.63, 3.8) is 0 Å². The van der Waals surface area contributed by atoms with Crippen LogP contribution in [0.5, 0.6) is 0 Å². The summed E-state index contributed by atoms with van der Waals surface area (Å²) in [6, 6.07) is 0. The number of nitro groups is 1. The molecule has 0 spiro atoms. The molecule has 0 aliphatic carbocycles. The third kappa shape index (κ3) is 2.37. The van der Waals surface area contributed by atoms with Crippen molar-refractivity contribution in [3.8, 4) is 0 Å². The van der Waals surface area contributed by atoms with Crippen molar-refractivity contribution in [3.05, 3.63) is 21.6 Å². The fraction of sp³-hybridized carbons (Fsp3) is 0.600. The van der Waals surface area contributed by atoms with Crippen molar-refractivity contribution in [1.82, 2.24) is 9.97 Å². The average molecular weight is 273 g/mol. The second-order valence-corrected chi connectivity index (χ2v) is 4.73. The lowest BCUT2D eigenvalue weighted by Gasteiger charge is -2.34. The van der Waals surface area contributed by atoms with Crippen LogP contribution in [0.25, 0.3) is 0 Å². The van der Waals surface area contributed by atoms with Crippen LogP contribution in [0.4, 0.5) is 11.5 Å². The summed E-state index contributed by atoms with van der Waals surface area (Å²) in [6.07, 6.45) is 1.42. The zero-order valence-electron chi connectivity index (χ0n) is 9.78. The minimum absolute atomic E-state index is 0.172. The number of halogens is 1. The van der Waals surface area contributed by atoms with Gasteiger partial charge in [0.15, 0.2) is 0 Å². The Balaban J connectivity index is 2.34. The van der Waals surface area contributed by atoms with Gasteiger partial charge in [-0.25, -0.2) is 9.97 Å². The van der Waals surface area contributed by atoms with E-state index in [-0.39, 0.29) is 22.6 Å². The van der Waals surface area contributed by atoms with Crippen LogP contribution in [0.15, 0.2) is 6.33 Å². The number of piperidine rings is 1. The smallest absolute Gasteiger partial charge is 0.348 e. The van der Waals surface area contributed by atoms with E-state index in [1.54, 1.807) is 4.90 Å². The van der Waals surface area contributed by atoms with E-state index >= 15 is 0 Å². The van der Waals surface area contributed by atoms with Gasteiger partial charge in [-0.3, -0.25) is 10.1 Å². The van der Waals surface area contributed by atoms with Crippen molar-refractivity contribution in [1.29, 1.82) is 0 Å². The fourth-order valence-corrected chi connectivity index (χ4v) is 2.18. The van der Waals surface area contributed by atoms with Gasteiger partial charge in [0.05, 0.1) is 11.0 Å². The first-order chi connectivity index (χ1) is 8.50. The molecule has 1 saturated heterocycles. The van der Waals surface area contributed by atoms with E-state index in [4.69, 9.17) is 11.6 Å². The summed E-state index contributed by atoms with van der Waals surface area (Å²) in [5.41, 5.74) is -0.305. The normalized spacial score (nSPS) is 24.1. The molecule has 0 aromatic carbocycles. The molecule has 0 saturated carbocycles. The maximum absolute atomic E-state index is 11.0. The molecule has 0 bridgehead atoms. The Morgan fingerprint density at radius 2 is 2.33 bits per heavy atom. The molecular weight excluding hydrogens is 260 g/mol. The van der Waals surface area contributed by atoms with Gasteiger partial charge < -0.3 is 10.0 Å². The van der Waals surface area contributed by atoms with Gasteiger partial charge in [-0.05, 0) is 12.3 Å². The molecule has 2 atom stereocenters. The largest absolute Gasteiger partial charge is 0.391 e. The lowest BCUT2D eigenvalue weighted by Crippen LogP contribution is -2.43. The first-order valence-corrected chi connectivity index (χ1v) is 5.96. The lowest BCUT2D eigenvalue weighted by atomic mass is 9.96. The van der Waals surface area contributed by atoms with Crippen molar-refractivity contribution >= 4 is 23.1 Å². The van der Waals surface area contributed by atoms with E-state index < -0.39 is 11.0 Å². The molecule has 2 unspecified atom stereocenters. The maximum atomic E-state index is 11.0. The molecule has 98 valence electrons. The van der Waals surface area contributed by atoms with E-state index in [9.17, 15) is 15.2 Å². The molecule has 0 radical (unpaired) electrons. The van der Waals surface area contributed by atoms with Crippen molar-refractivity contribution in [2.75, 3.05) is 18.0 Å². The molecule has 1 N–H and O–H groups in total. The highest BCUT2D eigenvalue weighted by Gasteiger charge is 2.31. The topological polar surface area (TPSA) is 92.4 Å². The van der Waals surface area contributed by atoms with Crippen LogP contribution >= 0.6 is 11.6 Å². The number of anilines is 1. The van der Waals surface area contributed by atoms with Crippen LogP contribution < -0.4 is 4.90 Å². The number of hydrogen-bond donors (Lipinski definition) is 1. The molecule has 2 rings (SSSR count). The molecule has 18 heavy (non-hydrogen) atoms. The minimum atomic E-state index is -0.595. The summed E-state index contributed by atoms with van der Waals surface area (Å²) in [4.78, 5) is 19.6. The van der Waals surface area contributed by atoms with Gasteiger partial charge in [0.25, 0.3) is 0 Å². The molecule has 0 amide bonds. The molecule has 1 aromatic rings. The van der Waals surface area contributed by atoms with Crippen LogP contribution in [0.3, 0.4) is 0 Å². The van der Waals surface area contributed by atoms with E-state index in [0.29, 0.717) is 13.1 Å². The predicted octanol–water partition coefficient (Wildman–Crippen LogP) is 1.25. The third-order valence-electron chi connectivity index (χ3n) is 3.16. The number of β-amino-alcohol motifs (C(OH)–C–C–N with tert-alkyl or cyclic N) is 1. The lowest BCUT2D eigenvalue weighted by molar-refractivity contribution is -0.384. The Kier molecular flexibility index (Phi) is 3.63. The van der Waals surface area contributed by atoms with Gasteiger partial charge in [-0.15, -0.1) is 0 Å². The van der Waals surface area contributed by atoms with Crippen molar-refractivity contribution < 1.29 is 10.0 Å². The van der Waals surface area contributed by atoms with Crippen molar-refractivity contribution in [2.45, 2.75) is 19.4 Å². The second kappa shape index (κ2) is 5.03. The van der Waals surface area contributed by atoms with Crippen LogP contribution in [0, 0.1) is 16.0 Å². The zero-order valence-corrected chi connectivity index (χ0v) is 10.5. The van der Waals surface area contributed by atoms with Gasteiger partial charge in [0.2, 0.25) is 11.0 Å². The third-order valence-corrected chi connectivity index (χ3v) is 3.44. The van der Waals surface area contributed by atoms with Gasteiger partial charge in [0, 0.05) is 13.1 Å². The van der Waals surface area contributed by atoms with Gasteiger partial charge in [-0.2, -0.15) is 0 Å². The number of rotatable bonds is 2. The van der Waals surface area contributed by atoms with Gasteiger partial charge in [0.1, 0.15) is 6.33 Å². The predicted molar refractivity (Wildman–Crippen MR) is 65.7 cm³/mol. The molecule has 1 fully saturated rings. The summed E-state index contributed by atoms with van der Waals surface area (Å²) in [5.74, 6) is 0.351. The SMILES string of the molecule is CC1CCN(c2ncnc(Cl)c2[N+](=O)[O-])CC1O. The molecule has 1 aromatic heterocycles. The molecule has 8 heteroatoms. The van der Waals surface area contributed by atoms with Crippen LogP contribution in [0.1, 0.15) is 13.3 Å². The Labute approximate surface area is 109 Å². The minimum Gasteiger partial charge on any atom is -0.391 e. The highest BCUT2D eigenvalue weighted by atomic mass is 35.5. The number of aliphatic hydroxyl groups excluding tert-OH is 1. The van der Waals surface area contributed by atoms with E-state index in [1.807, 2.05) is 6.92 Å². The van der Waals surface area contributed by atoms with E-state index in [2.05, 4.69) is 9.97 Å². The highest BCUT2D eigenvalue weighted by molar-refractivity contribution is 6.31. The van der Waals surface area contributed by atoms with E-state index in [0.717, 1.165) is 6.42 Å². The van der Waals surface area contributed by atoms with Crippen molar-refractivity contribution in [2.24, 2.45) is 5.92 Å². The number of aromatic nitrogens is 2. The van der Waals surface area contributed by atoms with Gasteiger partial charge >= 0.3 is 5.69 Å². The summed E-state index contributed by atoms with van der Waals surface area (Å²) in [5, 5.41) is 20.6. The standard InChI is InChI=1S/C10H13ClN4O3/c1-6-2-3-14(4-7(6)16)10-8(15(17)18)9(11)12-5-13-10/h5-7,16H,2-4H2,1H3. The Bertz CT molecular complexity index is 470. The monoisotopic (exact) mass is 272 g/mol. The Morgan fingerprint density at radius 3 is 2.94 bits per heavy atom. The van der Waals surface area contributed by atoms with Crippen LogP contribution in [-0.2, 0) is 0 Å². The summed E-state index contributed by atoms with van der Waals surface area (Å²) in [6.45, 7) is 2.87. The molecule has 1 aliphatic rings. The molecular formula is C10H13ClN4O3. The zero-order chi connectivity index (χ0) is 13.3. The van der Waals surface area contributed by atoms with Crippen LogP contribution in [0.2, 0.25) is 5.15 Å². The maximum Gasteiger partial charge on any atom is 0.348 e. The van der Waals surface area contributed by atoms with E-state index in [1.165, 1.54) is 6.33 Å². The summed E-state index contributed by atoms with van der Waals surface area (Å²) >= 11 is 5.73. The quantitative estimate of drug-likeness (QED) is 0.495. The van der Waals surface area contributed by atoms with Gasteiger partial charge in [-0.1, -0.05) is 18.5 Å².